The molecule has 0 aromatic heterocycles. The van der Waals surface area contributed by atoms with Gasteiger partial charge in [-0.25, -0.2) is 16.8 Å². The molecule has 0 unspecified atom stereocenters. The molecule has 0 aromatic carbocycles. The topological polar surface area (TPSA) is 119 Å². The number of halogens is 3. The second-order valence-electron chi connectivity index (χ2n) is 6.64. The molecule has 13 heteroatoms. The molecule has 8 nitrogen and oxygen atoms in total. The van der Waals surface area contributed by atoms with E-state index in [0.29, 0.717) is 4.13 Å². The molecule has 0 radical (unpaired) electrons. The Morgan fingerprint density at radius 2 is 1.50 bits per heavy atom. The molecule has 0 spiro atoms. The molecule has 1 amide bonds. The quantitative estimate of drug-likeness (QED) is 0.426. The van der Waals surface area contributed by atoms with Crippen molar-refractivity contribution in [3.63, 3.8) is 0 Å². The van der Waals surface area contributed by atoms with Gasteiger partial charge in [0.2, 0.25) is 15.9 Å². The zero-order chi connectivity index (χ0) is 21.2. The van der Waals surface area contributed by atoms with Crippen LogP contribution in [0.5, 0.6) is 0 Å². The summed E-state index contributed by atoms with van der Waals surface area (Å²) < 4.78 is 87.3. The van der Waals surface area contributed by atoms with E-state index in [1.807, 2.05) is 0 Å². The number of ether oxygens (including phenoxy) is 1. The first-order chi connectivity index (χ1) is 11.2. The third-order valence-electron chi connectivity index (χ3n) is 3.22. The minimum atomic E-state index is -6.06. The van der Waals surface area contributed by atoms with Crippen LogP contribution in [0.25, 0.3) is 0 Å². The van der Waals surface area contributed by atoms with Gasteiger partial charge >= 0.3 is 15.5 Å². The summed E-state index contributed by atoms with van der Waals surface area (Å²) in [6.45, 7) is 9.66. The number of hydrogen-bond acceptors (Lipinski definition) is 6. The van der Waals surface area contributed by atoms with Crippen molar-refractivity contribution in [1.82, 2.24) is 9.44 Å². The van der Waals surface area contributed by atoms with E-state index < -0.39 is 41.9 Å². The van der Waals surface area contributed by atoms with E-state index in [1.54, 1.807) is 0 Å². The Kier molecular flexibility index (Phi) is 7.47. The minimum Gasteiger partial charge on any atom is -0.356 e. The van der Waals surface area contributed by atoms with Gasteiger partial charge in [0.05, 0.1) is 11.4 Å². The molecule has 2 N–H and O–H groups in total. The molecule has 0 bridgehead atoms. The van der Waals surface area contributed by atoms with Crippen LogP contribution in [-0.2, 0) is 29.6 Å². The normalized spacial score (nSPS) is 14.2. The van der Waals surface area contributed by atoms with Crippen LogP contribution < -0.4 is 9.44 Å². The van der Waals surface area contributed by atoms with E-state index in [2.05, 4.69) is 11.9 Å². The zero-order valence-electron chi connectivity index (χ0n) is 15.0. The molecule has 0 rings (SSSR count). The monoisotopic (exact) mass is 424 g/mol. The summed E-state index contributed by atoms with van der Waals surface area (Å²) >= 11 is 0. The largest absolute Gasteiger partial charge is 0.512 e. The lowest BCUT2D eigenvalue weighted by Gasteiger charge is -2.30. The summed E-state index contributed by atoms with van der Waals surface area (Å²) in [5, 5.41) is 2.47. The van der Waals surface area contributed by atoms with E-state index in [9.17, 15) is 34.8 Å². The van der Waals surface area contributed by atoms with Crippen molar-refractivity contribution >= 4 is 26.0 Å². The summed E-state index contributed by atoms with van der Waals surface area (Å²) in [5.74, 6) is -0.500. The second-order valence-corrected chi connectivity index (χ2v) is 10.9. The molecule has 0 aliphatic carbocycles. The van der Waals surface area contributed by atoms with Crippen molar-refractivity contribution in [2.45, 2.75) is 57.0 Å². The molecule has 0 aliphatic heterocycles. The van der Waals surface area contributed by atoms with E-state index in [0.717, 1.165) is 13.8 Å². The summed E-state index contributed by atoms with van der Waals surface area (Å²) in [5.41, 5.74) is -6.76. The number of nitrogens with one attached hydrogen (secondary N) is 2. The average molecular weight is 424 g/mol. The highest BCUT2D eigenvalue weighted by molar-refractivity contribution is 8.05. The Morgan fingerprint density at radius 3 is 1.88 bits per heavy atom. The van der Waals surface area contributed by atoms with E-state index in [4.69, 9.17) is 4.74 Å². The molecule has 26 heavy (non-hydrogen) atoms. The highest BCUT2D eigenvalue weighted by Gasteiger charge is 2.50. The third-order valence-corrected chi connectivity index (χ3v) is 7.24. The van der Waals surface area contributed by atoms with Gasteiger partial charge in [0.1, 0.15) is 5.72 Å². The molecule has 0 aromatic rings. The van der Waals surface area contributed by atoms with Crippen LogP contribution in [0, 0.1) is 0 Å². The fourth-order valence-corrected chi connectivity index (χ4v) is 4.19. The number of carbonyl (C=O) groups excluding carboxylic acids is 1. The first-order valence-corrected chi connectivity index (χ1v) is 10.2. The lowest BCUT2D eigenvalue weighted by molar-refractivity contribution is -0.127. The maximum Gasteiger partial charge on any atom is 0.512 e. The molecular weight excluding hydrogens is 401 g/mol. The summed E-state index contributed by atoms with van der Waals surface area (Å²) in [6, 6.07) is 0. The van der Waals surface area contributed by atoms with Gasteiger partial charge in [0.25, 0.3) is 0 Å². The summed E-state index contributed by atoms with van der Waals surface area (Å²) in [6.07, 6.45) is -0.345. The lowest BCUT2D eigenvalue weighted by Crippen LogP contribution is -2.50. The summed E-state index contributed by atoms with van der Waals surface area (Å²) in [7, 11) is -11.0. The van der Waals surface area contributed by atoms with Gasteiger partial charge in [-0.15, -0.1) is 4.13 Å². The molecule has 0 saturated heterocycles. The smallest absolute Gasteiger partial charge is 0.356 e. The zero-order valence-corrected chi connectivity index (χ0v) is 16.7. The summed E-state index contributed by atoms with van der Waals surface area (Å²) in [4.78, 5) is 11.6. The van der Waals surface area contributed by atoms with Crippen molar-refractivity contribution in [1.29, 1.82) is 0 Å². The number of hydrogen-bond donors (Lipinski definition) is 2. The van der Waals surface area contributed by atoms with Crippen molar-refractivity contribution in [2.75, 3.05) is 6.61 Å². The van der Waals surface area contributed by atoms with Crippen LogP contribution in [-0.4, -0.2) is 45.3 Å². The number of carbonyl (C=O) groups is 1. The van der Waals surface area contributed by atoms with Crippen LogP contribution in [0.15, 0.2) is 12.2 Å². The van der Waals surface area contributed by atoms with Crippen LogP contribution in [0.3, 0.4) is 0 Å². The molecule has 0 fully saturated rings. The molecule has 0 saturated carbocycles. The predicted molar refractivity (Wildman–Crippen MR) is 88.7 cm³/mol. The Balaban J connectivity index is 5.04. The SMILES string of the molecule is C=C(C)C(=O)NC(C)(C)OCCC(C)(C)S(=O)(=O)NS(=O)(=O)C(F)(F)F. The highest BCUT2D eigenvalue weighted by Crippen LogP contribution is 2.27. The van der Waals surface area contributed by atoms with Gasteiger partial charge < -0.3 is 10.1 Å². The molecule has 0 heterocycles. The van der Waals surface area contributed by atoms with Gasteiger partial charge in [-0.2, -0.15) is 13.2 Å². The van der Waals surface area contributed by atoms with Gasteiger partial charge in [-0.3, -0.25) is 4.79 Å². The molecule has 154 valence electrons. The Labute approximate surface area is 151 Å². The minimum absolute atomic E-state index is 0.214. The van der Waals surface area contributed by atoms with Crippen molar-refractivity contribution in [3.8, 4) is 0 Å². The second kappa shape index (κ2) is 7.82. The fraction of sp³-hybridized carbons (Fsp3) is 0.769. The Hall–Kier alpha value is -1.18. The fourth-order valence-electron chi connectivity index (χ4n) is 1.41. The van der Waals surface area contributed by atoms with E-state index in [-0.39, 0.29) is 18.6 Å². The van der Waals surface area contributed by atoms with Crippen LogP contribution in [0.4, 0.5) is 13.2 Å². The predicted octanol–water partition coefficient (Wildman–Crippen LogP) is 1.37. The standard InChI is InChI=1S/C13H23F3N2O6S2/c1-9(2)10(19)17-12(5,6)24-8-7-11(3,4)25(20,21)18-26(22,23)13(14,15)16/h18H,1,7-8H2,2-6H3,(H,17,19). The van der Waals surface area contributed by atoms with Gasteiger partial charge in [-0.05, 0) is 41.0 Å². The van der Waals surface area contributed by atoms with Crippen LogP contribution in [0.2, 0.25) is 0 Å². The van der Waals surface area contributed by atoms with Gasteiger partial charge in [0, 0.05) is 5.57 Å². The van der Waals surface area contributed by atoms with Gasteiger partial charge in [-0.1, -0.05) is 6.58 Å². The number of alkyl halides is 3. The lowest BCUT2D eigenvalue weighted by atomic mass is 10.1. The molecule has 0 aliphatic rings. The van der Waals surface area contributed by atoms with Crippen LogP contribution in [0.1, 0.15) is 41.0 Å². The molecular formula is C13H23F3N2O6S2. The maximum atomic E-state index is 12.4. The van der Waals surface area contributed by atoms with Crippen LogP contribution >= 0.6 is 0 Å². The number of amides is 1. The molecule has 0 atom stereocenters. The maximum absolute atomic E-state index is 12.4. The van der Waals surface area contributed by atoms with Gasteiger partial charge in [0.15, 0.2) is 0 Å². The van der Waals surface area contributed by atoms with E-state index >= 15 is 0 Å². The number of rotatable bonds is 9. The first-order valence-electron chi connectivity index (χ1n) is 7.20. The Morgan fingerprint density at radius 1 is 1.04 bits per heavy atom. The first kappa shape index (κ1) is 24.8. The van der Waals surface area contributed by atoms with E-state index in [1.165, 1.54) is 20.8 Å². The number of sulfonamides is 2. The third kappa shape index (κ3) is 6.85. The van der Waals surface area contributed by atoms with Crippen molar-refractivity contribution in [2.24, 2.45) is 0 Å². The average Bonchev–Trinajstić information content (AvgIpc) is 2.34. The Bertz CT molecular complexity index is 755. The van der Waals surface area contributed by atoms with Crippen molar-refractivity contribution in [3.05, 3.63) is 12.2 Å². The highest BCUT2D eigenvalue weighted by atomic mass is 32.3. The van der Waals surface area contributed by atoms with Crippen molar-refractivity contribution < 1.29 is 39.5 Å².